The number of thiophene rings is 1. The zero-order valence-corrected chi connectivity index (χ0v) is 19.4. The second-order valence-corrected chi connectivity index (χ2v) is 8.78. The molecule has 0 aromatic carbocycles. The molecule has 0 radical (unpaired) electrons. The van der Waals surface area contributed by atoms with Crippen LogP contribution >= 0.6 is 11.3 Å². The van der Waals surface area contributed by atoms with Crippen molar-refractivity contribution in [3.63, 3.8) is 0 Å². The predicted molar refractivity (Wildman–Crippen MR) is 124 cm³/mol. The molecule has 3 N–H and O–H groups in total. The normalized spacial score (nSPS) is 15.0. The lowest BCUT2D eigenvalue weighted by Crippen LogP contribution is -2.45. The van der Waals surface area contributed by atoms with Crippen LogP contribution in [0.15, 0.2) is 35.8 Å². The molecule has 11 heteroatoms. The van der Waals surface area contributed by atoms with E-state index in [9.17, 15) is 19.2 Å². The lowest BCUT2D eigenvalue weighted by molar-refractivity contribution is -0.138. The third-order valence-corrected chi connectivity index (χ3v) is 6.66. The van der Waals surface area contributed by atoms with E-state index in [-0.39, 0.29) is 36.9 Å². The fraction of sp³-hybridized carbons (Fsp3) is 0.348. The highest BCUT2D eigenvalue weighted by Crippen LogP contribution is 2.39. The number of hydrogen-bond donors (Lipinski definition) is 3. The molecule has 0 spiro atoms. The van der Waals surface area contributed by atoms with Gasteiger partial charge in [0.05, 0.1) is 35.5 Å². The minimum Gasteiger partial charge on any atom is -0.463 e. The summed E-state index contributed by atoms with van der Waals surface area (Å²) in [7, 11) is 0. The number of hydrogen-bond acceptors (Lipinski definition) is 8. The Morgan fingerprint density at radius 2 is 2.00 bits per heavy atom. The van der Waals surface area contributed by atoms with Crippen LogP contribution in [0, 0.1) is 0 Å². The molecular weight excluding hydrogens is 460 g/mol. The predicted octanol–water partition coefficient (Wildman–Crippen LogP) is 2.56. The summed E-state index contributed by atoms with van der Waals surface area (Å²) in [4.78, 5) is 54.9. The van der Waals surface area contributed by atoms with E-state index in [4.69, 9.17) is 9.47 Å². The van der Waals surface area contributed by atoms with Crippen LogP contribution in [0.25, 0.3) is 0 Å². The molecular formula is C23H24N4O6S. The van der Waals surface area contributed by atoms with Crippen molar-refractivity contribution in [3.8, 4) is 0 Å². The molecule has 178 valence electrons. The van der Waals surface area contributed by atoms with E-state index in [0.717, 1.165) is 29.7 Å². The van der Waals surface area contributed by atoms with Crippen LogP contribution in [-0.4, -0.2) is 48.6 Å². The van der Waals surface area contributed by atoms with Gasteiger partial charge in [0.2, 0.25) is 0 Å². The Kier molecular flexibility index (Phi) is 7.21. The first-order chi connectivity index (χ1) is 16.5. The van der Waals surface area contributed by atoms with Crippen molar-refractivity contribution < 1.29 is 28.7 Å². The summed E-state index contributed by atoms with van der Waals surface area (Å²) >= 11 is 1.37. The van der Waals surface area contributed by atoms with Gasteiger partial charge >= 0.3 is 18.0 Å². The number of aromatic nitrogens is 1. The van der Waals surface area contributed by atoms with E-state index in [1.165, 1.54) is 17.5 Å². The molecule has 2 aromatic rings. The van der Waals surface area contributed by atoms with Crippen LogP contribution in [-0.2, 0) is 27.1 Å². The van der Waals surface area contributed by atoms with Crippen LogP contribution in [0.1, 0.15) is 50.9 Å². The Balaban J connectivity index is 1.57. The first kappa shape index (κ1) is 23.4. The molecule has 0 atom stereocenters. The molecule has 34 heavy (non-hydrogen) atoms. The van der Waals surface area contributed by atoms with E-state index >= 15 is 0 Å². The van der Waals surface area contributed by atoms with Gasteiger partial charge in [-0.1, -0.05) is 0 Å². The number of aryl methyl sites for hydroxylation is 1. The van der Waals surface area contributed by atoms with E-state index in [2.05, 4.69) is 20.9 Å². The molecule has 1 aliphatic carbocycles. The molecule has 1 aliphatic heterocycles. The van der Waals surface area contributed by atoms with Gasteiger partial charge in [-0.25, -0.2) is 14.4 Å². The van der Waals surface area contributed by atoms with Gasteiger partial charge in [0.1, 0.15) is 11.6 Å². The number of carbonyl (C=O) groups excluding carboxylic acids is 4. The zero-order valence-electron chi connectivity index (χ0n) is 18.6. The van der Waals surface area contributed by atoms with Crippen molar-refractivity contribution >= 4 is 40.2 Å². The Morgan fingerprint density at radius 3 is 2.76 bits per heavy atom. The molecule has 2 aromatic heterocycles. The number of carbonyl (C=O) groups is 4. The molecule has 0 unspecified atom stereocenters. The van der Waals surface area contributed by atoms with Crippen LogP contribution in [0.3, 0.4) is 0 Å². The van der Waals surface area contributed by atoms with Crippen LogP contribution in [0.4, 0.5) is 9.80 Å². The van der Waals surface area contributed by atoms with Gasteiger partial charge < -0.3 is 25.4 Å². The fourth-order valence-electron chi connectivity index (χ4n) is 3.82. The second kappa shape index (κ2) is 10.5. The van der Waals surface area contributed by atoms with E-state index in [1.807, 2.05) is 0 Å². The highest BCUT2D eigenvalue weighted by atomic mass is 32.1. The summed E-state index contributed by atoms with van der Waals surface area (Å²) in [5, 5.41) is 8.26. The SMILES string of the molecule is CCOC(=O)C1=C(COC(=O)c2c(NC(=O)c3cccnc3)sc3c2CCCC3)NC(=O)NC1. The minimum atomic E-state index is -0.635. The molecule has 2 aliphatic rings. The zero-order chi connectivity index (χ0) is 24.1. The number of ether oxygens (including phenoxy) is 2. The summed E-state index contributed by atoms with van der Waals surface area (Å²) in [6, 6.07) is 2.79. The van der Waals surface area contributed by atoms with Crippen molar-refractivity contribution in [1.29, 1.82) is 0 Å². The van der Waals surface area contributed by atoms with Gasteiger partial charge in [-0.15, -0.1) is 11.3 Å². The van der Waals surface area contributed by atoms with Crippen molar-refractivity contribution in [3.05, 3.63) is 57.4 Å². The first-order valence-electron chi connectivity index (χ1n) is 10.9. The number of rotatable bonds is 7. The Bertz CT molecular complexity index is 1160. The van der Waals surface area contributed by atoms with E-state index in [0.29, 0.717) is 22.5 Å². The number of nitrogens with zero attached hydrogens (tertiary/aromatic N) is 1. The van der Waals surface area contributed by atoms with Crippen molar-refractivity contribution in [2.45, 2.75) is 32.6 Å². The second-order valence-electron chi connectivity index (χ2n) is 7.67. The number of urea groups is 1. The minimum absolute atomic E-state index is 0.0299. The summed E-state index contributed by atoms with van der Waals surface area (Å²) in [6.45, 7) is 1.50. The molecule has 3 amide bonds. The summed E-state index contributed by atoms with van der Waals surface area (Å²) in [5.74, 6) is -1.61. The lowest BCUT2D eigenvalue weighted by Gasteiger charge is -2.21. The fourth-order valence-corrected chi connectivity index (χ4v) is 5.09. The van der Waals surface area contributed by atoms with E-state index < -0.39 is 18.0 Å². The smallest absolute Gasteiger partial charge is 0.341 e. The molecule has 0 fully saturated rings. The summed E-state index contributed by atoms with van der Waals surface area (Å²) in [5.41, 5.74) is 1.91. The number of fused-ring (bicyclic) bond motifs is 1. The molecule has 4 rings (SSSR count). The van der Waals surface area contributed by atoms with E-state index in [1.54, 1.807) is 25.3 Å². The molecule has 0 saturated heterocycles. The van der Waals surface area contributed by atoms with Crippen LogP contribution < -0.4 is 16.0 Å². The molecule has 0 bridgehead atoms. The van der Waals surface area contributed by atoms with Crippen molar-refractivity contribution in [2.75, 3.05) is 25.1 Å². The maximum atomic E-state index is 13.2. The summed E-state index contributed by atoms with van der Waals surface area (Å²) in [6.07, 6.45) is 6.48. The van der Waals surface area contributed by atoms with Gasteiger partial charge in [0.15, 0.2) is 0 Å². The molecule has 10 nitrogen and oxygen atoms in total. The monoisotopic (exact) mass is 484 g/mol. The number of amides is 3. The quantitative estimate of drug-likeness (QED) is 0.514. The largest absolute Gasteiger partial charge is 0.463 e. The number of esters is 2. The van der Waals surface area contributed by atoms with Gasteiger partial charge in [-0.05, 0) is 50.3 Å². The molecule has 3 heterocycles. The third kappa shape index (κ3) is 5.09. The number of nitrogens with one attached hydrogen (secondary N) is 3. The van der Waals surface area contributed by atoms with Crippen molar-refractivity contribution in [2.24, 2.45) is 0 Å². The number of anilines is 1. The molecule has 0 saturated carbocycles. The number of pyridine rings is 1. The first-order valence-corrected chi connectivity index (χ1v) is 11.8. The van der Waals surface area contributed by atoms with Crippen LogP contribution in [0.5, 0.6) is 0 Å². The van der Waals surface area contributed by atoms with Crippen molar-refractivity contribution in [1.82, 2.24) is 15.6 Å². The maximum Gasteiger partial charge on any atom is 0.341 e. The standard InChI is InChI=1S/C23H24N4O6S/c1-2-32-21(29)15-11-25-23(31)26-16(15)12-33-22(30)18-14-7-3-4-8-17(14)34-20(18)27-19(28)13-6-5-9-24-10-13/h5-6,9-10H,2-4,7-8,11-12H2,1H3,(H,27,28)(H2,25,26,31). The highest BCUT2D eigenvalue weighted by molar-refractivity contribution is 7.17. The third-order valence-electron chi connectivity index (χ3n) is 5.45. The average molecular weight is 485 g/mol. The summed E-state index contributed by atoms with van der Waals surface area (Å²) < 4.78 is 10.5. The van der Waals surface area contributed by atoms with Gasteiger partial charge in [0, 0.05) is 17.3 Å². The average Bonchev–Trinajstić information content (AvgIpc) is 3.21. The highest BCUT2D eigenvalue weighted by Gasteiger charge is 2.29. The lowest BCUT2D eigenvalue weighted by atomic mass is 9.95. The van der Waals surface area contributed by atoms with Crippen LogP contribution in [0.2, 0.25) is 0 Å². The Labute approximate surface area is 199 Å². The van der Waals surface area contributed by atoms with Gasteiger partial charge in [-0.2, -0.15) is 0 Å². The van der Waals surface area contributed by atoms with Gasteiger partial charge in [-0.3, -0.25) is 9.78 Å². The maximum absolute atomic E-state index is 13.2. The Morgan fingerprint density at radius 1 is 1.18 bits per heavy atom. The van der Waals surface area contributed by atoms with Gasteiger partial charge in [0.25, 0.3) is 5.91 Å². The topological polar surface area (TPSA) is 136 Å². The Hall–Kier alpha value is -3.73.